The summed E-state index contributed by atoms with van der Waals surface area (Å²) >= 11 is 5.83. The molecule has 0 heterocycles. The van der Waals surface area contributed by atoms with Crippen LogP contribution in [0, 0.1) is 0 Å². The standard InChI is InChI=1S/C9H11ClN2O2/c1-9(12,8(13)14)6-4-5(11)2-3-7(6)10/h2-4H,11-12H2,1H3,(H,13,14). The van der Waals surface area contributed by atoms with Gasteiger partial charge in [-0.05, 0) is 25.1 Å². The SMILES string of the molecule is CC(N)(C(=O)O)c1cc(N)ccc1Cl. The van der Waals surface area contributed by atoms with Crippen molar-refractivity contribution in [2.75, 3.05) is 5.73 Å². The van der Waals surface area contributed by atoms with Gasteiger partial charge < -0.3 is 16.6 Å². The molecular weight excluding hydrogens is 204 g/mol. The highest BCUT2D eigenvalue weighted by Crippen LogP contribution is 2.28. The fraction of sp³-hybridized carbons (Fsp3) is 0.222. The van der Waals surface area contributed by atoms with Crippen molar-refractivity contribution in [2.45, 2.75) is 12.5 Å². The fourth-order valence-corrected chi connectivity index (χ4v) is 1.37. The summed E-state index contributed by atoms with van der Waals surface area (Å²) in [5, 5.41) is 9.18. The summed E-state index contributed by atoms with van der Waals surface area (Å²) in [5.41, 5.74) is 10.4. The number of aliphatic carboxylic acids is 1. The van der Waals surface area contributed by atoms with E-state index >= 15 is 0 Å². The van der Waals surface area contributed by atoms with Gasteiger partial charge in [-0.1, -0.05) is 11.6 Å². The number of anilines is 1. The molecule has 1 rings (SSSR count). The van der Waals surface area contributed by atoms with Gasteiger partial charge in [0.15, 0.2) is 0 Å². The molecule has 1 aromatic carbocycles. The van der Waals surface area contributed by atoms with Crippen LogP contribution >= 0.6 is 11.6 Å². The van der Waals surface area contributed by atoms with Crippen LogP contribution in [0.2, 0.25) is 5.02 Å². The Morgan fingerprint density at radius 3 is 2.64 bits per heavy atom. The molecule has 0 bridgehead atoms. The van der Waals surface area contributed by atoms with E-state index in [1.54, 1.807) is 6.07 Å². The van der Waals surface area contributed by atoms with Gasteiger partial charge in [-0.2, -0.15) is 0 Å². The predicted molar refractivity (Wildman–Crippen MR) is 55.0 cm³/mol. The average molecular weight is 215 g/mol. The first-order valence-electron chi connectivity index (χ1n) is 3.93. The van der Waals surface area contributed by atoms with Crippen molar-refractivity contribution in [1.82, 2.24) is 0 Å². The molecule has 0 saturated heterocycles. The number of benzene rings is 1. The molecule has 14 heavy (non-hydrogen) atoms. The Morgan fingerprint density at radius 2 is 2.14 bits per heavy atom. The van der Waals surface area contributed by atoms with Crippen LogP contribution in [0.25, 0.3) is 0 Å². The van der Waals surface area contributed by atoms with Crippen molar-refractivity contribution < 1.29 is 9.90 Å². The lowest BCUT2D eigenvalue weighted by Gasteiger charge is -2.21. The lowest BCUT2D eigenvalue weighted by Crippen LogP contribution is -2.42. The van der Waals surface area contributed by atoms with Gasteiger partial charge in [0.25, 0.3) is 0 Å². The molecule has 0 aromatic heterocycles. The largest absolute Gasteiger partial charge is 0.480 e. The van der Waals surface area contributed by atoms with E-state index in [-0.39, 0.29) is 0 Å². The molecule has 0 aliphatic carbocycles. The highest BCUT2D eigenvalue weighted by atomic mass is 35.5. The third-order valence-corrected chi connectivity index (χ3v) is 2.32. The maximum absolute atomic E-state index is 10.9. The topological polar surface area (TPSA) is 89.3 Å². The number of hydrogen-bond acceptors (Lipinski definition) is 3. The normalized spacial score (nSPS) is 14.8. The molecule has 0 radical (unpaired) electrons. The van der Waals surface area contributed by atoms with E-state index < -0.39 is 11.5 Å². The molecule has 76 valence electrons. The minimum Gasteiger partial charge on any atom is -0.480 e. The Morgan fingerprint density at radius 1 is 1.57 bits per heavy atom. The molecule has 0 spiro atoms. The Hall–Kier alpha value is -1.26. The van der Waals surface area contributed by atoms with Crippen LogP contribution in [0.3, 0.4) is 0 Å². The van der Waals surface area contributed by atoms with Crippen LogP contribution in [0.5, 0.6) is 0 Å². The van der Waals surface area contributed by atoms with Crippen molar-refractivity contribution in [3.8, 4) is 0 Å². The lowest BCUT2D eigenvalue weighted by atomic mass is 9.93. The smallest absolute Gasteiger partial charge is 0.328 e. The molecule has 4 nitrogen and oxygen atoms in total. The van der Waals surface area contributed by atoms with Crippen LogP contribution in [-0.2, 0) is 10.3 Å². The summed E-state index contributed by atoms with van der Waals surface area (Å²) in [5.74, 6) is -1.15. The molecule has 5 N–H and O–H groups in total. The highest BCUT2D eigenvalue weighted by Gasteiger charge is 2.32. The number of carbonyl (C=O) groups is 1. The molecule has 0 aliphatic rings. The molecule has 0 aliphatic heterocycles. The Balaban J connectivity index is 3.31. The summed E-state index contributed by atoms with van der Waals surface area (Å²) in [7, 11) is 0. The van der Waals surface area contributed by atoms with E-state index in [1.165, 1.54) is 19.1 Å². The van der Waals surface area contributed by atoms with Gasteiger partial charge in [-0.3, -0.25) is 0 Å². The summed E-state index contributed by atoms with van der Waals surface area (Å²) in [6.45, 7) is 1.37. The second-order valence-electron chi connectivity index (χ2n) is 3.25. The van der Waals surface area contributed by atoms with Crippen LogP contribution in [0.1, 0.15) is 12.5 Å². The molecule has 5 heteroatoms. The summed E-state index contributed by atoms with van der Waals surface area (Å²) in [6, 6.07) is 4.58. The fourth-order valence-electron chi connectivity index (χ4n) is 1.06. The van der Waals surface area contributed by atoms with Gasteiger partial charge in [0, 0.05) is 16.3 Å². The van der Waals surface area contributed by atoms with Crippen molar-refractivity contribution in [1.29, 1.82) is 0 Å². The Kier molecular flexibility index (Phi) is 2.69. The van der Waals surface area contributed by atoms with Gasteiger partial charge in [-0.15, -0.1) is 0 Å². The van der Waals surface area contributed by atoms with E-state index in [9.17, 15) is 4.79 Å². The molecule has 1 aromatic rings. The van der Waals surface area contributed by atoms with E-state index in [0.29, 0.717) is 16.3 Å². The first kappa shape index (κ1) is 10.8. The van der Waals surface area contributed by atoms with E-state index in [2.05, 4.69) is 0 Å². The summed E-state index contributed by atoms with van der Waals surface area (Å²) in [4.78, 5) is 10.9. The number of hydrogen-bond donors (Lipinski definition) is 3. The molecule has 0 amide bonds. The molecule has 1 unspecified atom stereocenters. The summed E-state index contributed by atoms with van der Waals surface area (Å²) in [6.07, 6.45) is 0. The zero-order chi connectivity index (χ0) is 10.9. The quantitative estimate of drug-likeness (QED) is 0.645. The molecule has 1 atom stereocenters. The maximum Gasteiger partial charge on any atom is 0.328 e. The number of nitrogens with two attached hydrogens (primary N) is 2. The number of carboxylic acid groups (broad SMARTS) is 1. The van der Waals surface area contributed by atoms with Crippen LogP contribution < -0.4 is 11.5 Å². The van der Waals surface area contributed by atoms with E-state index in [1.807, 2.05) is 0 Å². The lowest BCUT2D eigenvalue weighted by molar-refractivity contribution is -0.143. The van der Waals surface area contributed by atoms with Crippen LogP contribution in [0.15, 0.2) is 18.2 Å². The third kappa shape index (κ3) is 1.81. The van der Waals surface area contributed by atoms with Crippen molar-refractivity contribution in [3.05, 3.63) is 28.8 Å². The first-order valence-corrected chi connectivity index (χ1v) is 4.31. The first-order chi connectivity index (χ1) is 6.35. The number of rotatable bonds is 2. The summed E-state index contributed by atoms with van der Waals surface area (Å²) < 4.78 is 0. The van der Waals surface area contributed by atoms with Gasteiger partial charge >= 0.3 is 5.97 Å². The van der Waals surface area contributed by atoms with Crippen LogP contribution in [-0.4, -0.2) is 11.1 Å². The molecule has 0 saturated carbocycles. The third-order valence-electron chi connectivity index (χ3n) is 1.99. The average Bonchev–Trinajstić information content (AvgIpc) is 2.08. The second-order valence-corrected chi connectivity index (χ2v) is 3.65. The predicted octanol–water partition coefficient (Wildman–Crippen LogP) is 1.18. The van der Waals surface area contributed by atoms with Gasteiger partial charge in [0.05, 0.1) is 0 Å². The van der Waals surface area contributed by atoms with Gasteiger partial charge in [-0.25, -0.2) is 4.79 Å². The van der Waals surface area contributed by atoms with Gasteiger partial charge in [0.2, 0.25) is 0 Å². The van der Waals surface area contributed by atoms with Gasteiger partial charge in [0.1, 0.15) is 5.54 Å². The number of nitrogen functional groups attached to an aromatic ring is 1. The van der Waals surface area contributed by atoms with Crippen molar-refractivity contribution in [2.24, 2.45) is 5.73 Å². The highest BCUT2D eigenvalue weighted by molar-refractivity contribution is 6.31. The van der Waals surface area contributed by atoms with E-state index in [0.717, 1.165) is 0 Å². The maximum atomic E-state index is 10.9. The minimum absolute atomic E-state index is 0.298. The number of carboxylic acids is 1. The monoisotopic (exact) mass is 214 g/mol. The second kappa shape index (κ2) is 3.48. The Bertz CT molecular complexity index is 377. The minimum atomic E-state index is -1.52. The zero-order valence-corrected chi connectivity index (χ0v) is 8.38. The molecular formula is C9H11ClN2O2. The number of halogens is 1. The zero-order valence-electron chi connectivity index (χ0n) is 7.62. The van der Waals surface area contributed by atoms with E-state index in [4.69, 9.17) is 28.2 Å². The Labute approximate surface area is 86.5 Å². The van der Waals surface area contributed by atoms with Crippen molar-refractivity contribution >= 4 is 23.3 Å². The van der Waals surface area contributed by atoms with Crippen LogP contribution in [0.4, 0.5) is 5.69 Å². The molecule has 0 fully saturated rings. The van der Waals surface area contributed by atoms with Crippen molar-refractivity contribution in [3.63, 3.8) is 0 Å².